The van der Waals surface area contributed by atoms with Crippen molar-refractivity contribution in [3.05, 3.63) is 28.0 Å². The van der Waals surface area contributed by atoms with Crippen LogP contribution in [0.4, 0.5) is 4.39 Å². The molecule has 1 aromatic rings. The van der Waals surface area contributed by atoms with E-state index in [4.69, 9.17) is 4.74 Å². The van der Waals surface area contributed by atoms with E-state index in [1.807, 2.05) is 0 Å². The van der Waals surface area contributed by atoms with Crippen LogP contribution in [0, 0.1) is 5.82 Å². The minimum absolute atomic E-state index is 0.174. The third kappa shape index (κ3) is 1.44. The summed E-state index contributed by atoms with van der Waals surface area (Å²) in [6.45, 7) is 0.363. The van der Waals surface area contributed by atoms with Crippen molar-refractivity contribution in [1.82, 2.24) is 0 Å². The van der Waals surface area contributed by atoms with Gasteiger partial charge in [0.15, 0.2) is 11.6 Å². The SMILES string of the molecule is O[C@@H]1CCOc2c(F)ccc(Br)c21. The van der Waals surface area contributed by atoms with Crippen LogP contribution >= 0.6 is 15.9 Å². The fraction of sp³-hybridized carbons (Fsp3) is 0.333. The van der Waals surface area contributed by atoms with Crippen molar-refractivity contribution in [1.29, 1.82) is 0 Å². The molecule has 0 bridgehead atoms. The molecule has 1 aliphatic rings. The first kappa shape index (κ1) is 8.97. The largest absolute Gasteiger partial charge is 0.490 e. The first-order chi connectivity index (χ1) is 6.20. The van der Waals surface area contributed by atoms with Gasteiger partial charge in [-0.05, 0) is 12.1 Å². The van der Waals surface area contributed by atoms with Crippen LogP contribution < -0.4 is 4.74 Å². The third-order valence-corrected chi connectivity index (χ3v) is 2.76. The number of ether oxygens (including phenoxy) is 1. The van der Waals surface area contributed by atoms with Gasteiger partial charge < -0.3 is 9.84 Å². The standard InChI is InChI=1S/C9H8BrFO2/c10-5-1-2-6(11)9-8(5)7(12)3-4-13-9/h1-2,7,12H,3-4H2/t7-/m1/s1. The van der Waals surface area contributed by atoms with Gasteiger partial charge in [-0.3, -0.25) is 0 Å². The van der Waals surface area contributed by atoms with Crippen LogP contribution in [-0.2, 0) is 0 Å². The lowest BCUT2D eigenvalue weighted by Gasteiger charge is -2.23. The average Bonchev–Trinajstić information content (AvgIpc) is 2.12. The normalized spacial score (nSPS) is 20.7. The van der Waals surface area contributed by atoms with Crippen LogP contribution in [0.3, 0.4) is 0 Å². The van der Waals surface area contributed by atoms with Gasteiger partial charge in [-0.15, -0.1) is 0 Å². The van der Waals surface area contributed by atoms with E-state index < -0.39 is 11.9 Å². The quantitative estimate of drug-likeness (QED) is 0.762. The molecule has 0 saturated carbocycles. The molecule has 0 amide bonds. The number of aliphatic hydroxyl groups is 1. The molecule has 1 N–H and O–H groups in total. The van der Waals surface area contributed by atoms with Crippen molar-refractivity contribution in [2.24, 2.45) is 0 Å². The van der Waals surface area contributed by atoms with Crippen LogP contribution in [0.25, 0.3) is 0 Å². The Hall–Kier alpha value is -0.610. The summed E-state index contributed by atoms with van der Waals surface area (Å²) in [6.07, 6.45) is -0.122. The van der Waals surface area contributed by atoms with Crippen molar-refractivity contribution in [2.75, 3.05) is 6.61 Å². The van der Waals surface area contributed by atoms with Crippen LogP contribution in [0.15, 0.2) is 16.6 Å². The average molecular weight is 247 g/mol. The minimum atomic E-state index is -0.631. The van der Waals surface area contributed by atoms with Gasteiger partial charge >= 0.3 is 0 Å². The van der Waals surface area contributed by atoms with E-state index >= 15 is 0 Å². The molecule has 2 rings (SSSR count). The second kappa shape index (κ2) is 3.27. The van der Waals surface area contributed by atoms with Crippen LogP contribution in [0.5, 0.6) is 5.75 Å². The van der Waals surface area contributed by atoms with Crippen molar-refractivity contribution in [3.63, 3.8) is 0 Å². The molecule has 70 valence electrons. The van der Waals surface area contributed by atoms with Gasteiger partial charge in [-0.1, -0.05) is 15.9 Å². The fourth-order valence-corrected chi connectivity index (χ4v) is 2.00. The Labute approximate surface area is 83.5 Å². The van der Waals surface area contributed by atoms with Crippen LogP contribution in [-0.4, -0.2) is 11.7 Å². The summed E-state index contributed by atoms with van der Waals surface area (Å²) in [5.74, 6) is -0.245. The van der Waals surface area contributed by atoms with Gasteiger partial charge in [0.05, 0.1) is 12.7 Å². The first-order valence-electron chi connectivity index (χ1n) is 3.99. The highest BCUT2D eigenvalue weighted by Crippen LogP contribution is 2.38. The van der Waals surface area contributed by atoms with Gasteiger partial charge in [-0.2, -0.15) is 0 Å². The molecule has 0 spiro atoms. The van der Waals surface area contributed by atoms with E-state index in [1.165, 1.54) is 6.07 Å². The Bertz CT molecular complexity index is 341. The summed E-state index contributed by atoms with van der Waals surface area (Å²) >= 11 is 3.25. The van der Waals surface area contributed by atoms with E-state index in [0.29, 0.717) is 23.1 Å². The molecule has 0 aliphatic carbocycles. The molecule has 0 saturated heterocycles. The predicted molar refractivity (Wildman–Crippen MR) is 49.2 cm³/mol. The molecule has 1 atom stereocenters. The highest BCUT2D eigenvalue weighted by Gasteiger charge is 2.24. The molecule has 0 radical (unpaired) electrons. The number of aliphatic hydroxyl groups excluding tert-OH is 1. The van der Waals surface area contributed by atoms with E-state index in [-0.39, 0.29) is 5.75 Å². The lowest BCUT2D eigenvalue weighted by atomic mass is 10.0. The topological polar surface area (TPSA) is 29.5 Å². The first-order valence-corrected chi connectivity index (χ1v) is 4.78. The number of benzene rings is 1. The van der Waals surface area contributed by atoms with Crippen LogP contribution in [0.1, 0.15) is 18.1 Å². The zero-order valence-corrected chi connectivity index (χ0v) is 8.34. The zero-order valence-electron chi connectivity index (χ0n) is 6.76. The molecular formula is C9H8BrFO2. The Morgan fingerprint density at radius 3 is 3.00 bits per heavy atom. The maximum absolute atomic E-state index is 13.2. The second-order valence-electron chi connectivity index (χ2n) is 2.92. The molecule has 0 aromatic heterocycles. The maximum atomic E-state index is 13.2. The highest BCUT2D eigenvalue weighted by molar-refractivity contribution is 9.10. The van der Waals surface area contributed by atoms with Gasteiger partial charge in [0.2, 0.25) is 0 Å². The minimum Gasteiger partial charge on any atom is -0.490 e. The molecule has 0 unspecified atom stereocenters. The number of hydrogen-bond acceptors (Lipinski definition) is 2. The molecule has 4 heteroatoms. The molecular weight excluding hydrogens is 239 g/mol. The Morgan fingerprint density at radius 2 is 2.31 bits per heavy atom. The predicted octanol–water partition coefficient (Wildman–Crippen LogP) is 2.40. The Balaban J connectivity index is 2.60. The summed E-state index contributed by atoms with van der Waals surface area (Å²) in [7, 11) is 0. The molecule has 0 fully saturated rings. The number of rotatable bonds is 0. The van der Waals surface area contributed by atoms with E-state index in [2.05, 4.69) is 15.9 Å². The zero-order chi connectivity index (χ0) is 9.42. The van der Waals surface area contributed by atoms with Gasteiger partial charge in [0.1, 0.15) is 0 Å². The lowest BCUT2D eigenvalue weighted by molar-refractivity contribution is 0.111. The third-order valence-electron chi connectivity index (χ3n) is 2.07. The summed E-state index contributed by atoms with van der Waals surface area (Å²) < 4.78 is 19.0. The number of hydrogen-bond donors (Lipinski definition) is 1. The van der Waals surface area contributed by atoms with Crippen LogP contribution in [0.2, 0.25) is 0 Å². The molecule has 13 heavy (non-hydrogen) atoms. The smallest absolute Gasteiger partial charge is 0.165 e. The Morgan fingerprint density at radius 1 is 1.54 bits per heavy atom. The van der Waals surface area contributed by atoms with Crippen molar-refractivity contribution < 1.29 is 14.2 Å². The van der Waals surface area contributed by atoms with Gasteiger partial charge in [-0.25, -0.2) is 4.39 Å². The summed E-state index contributed by atoms with van der Waals surface area (Å²) in [5.41, 5.74) is 0.520. The van der Waals surface area contributed by atoms with E-state index in [0.717, 1.165) is 0 Å². The second-order valence-corrected chi connectivity index (χ2v) is 3.78. The van der Waals surface area contributed by atoms with Gasteiger partial charge in [0, 0.05) is 16.5 Å². The highest BCUT2D eigenvalue weighted by atomic mass is 79.9. The fourth-order valence-electron chi connectivity index (χ4n) is 1.42. The summed E-state index contributed by atoms with van der Waals surface area (Å²) in [4.78, 5) is 0. The van der Waals surface area contributed by atoms with Crippen molar-refractivity contribution >= 4 is 15.9 Å². The molecule has 2 nitrogen and oxygen atoms in total. The summed E-state index contributed by atoms with van der Waals surface area (Å²) in [6, 6.07) is 2.90. The van der Waals surface area contributed by atoms with Crippen molar-refractivity contribution in [2.45, 2.75) is 12.5 Å². The Kier molecular flexibility index (Phi) is 2.26. The van der Waals surface area contributed by atoms with Crippen molar-refractivity contribution in [3.8, 4) is 5.75 Å². The monoisotopic (exact) mass is 246 g/mol. The maximum Gasteiger partial charge on any atom is 0.165 e. The summed E-state index contributed by atoms with van der Waals surface area (Å²) in [5, 5.41) is 9.59. The lowest BCUT2D eigenvalue weighted by Crippen LogP contribution is -2.15. The molecule has 1 heterocycles. The van der Waals surface area contributed by atoms with Gasteiger partial charge in [0.25, 0.3) is 0 Å². The molecule has 1 aromatic carbocycles. The van der Waals surface area contributed by atoms with E-state index in [1.54, 1.807) is 6.07 Å². The molecule has 1 aliphatic heterocycles. The number of halogens is 2. The number of fused-ring (bicyclic) bond motifs is 1. The van der Waals surface area contributed by atoms with E-state index in [9.17, 15) is 9.50 Å².